The second-order valence-electron chi connectivity index (χ2n) is 5.07. The molecule has 21 heavy (non-hydrogen) atoms. The summed E-state index contributed by atoms with van der Waals surface area (Å²) in [7, 11) is 1.27. The van der Waals surface area contributed by atoms with Gasteiger partial charge in [0.15, 0.2) is 0 Å². The SMILES string of the molecule is COC(=O)[C@@H](CC(C)C)NC(=O)C=Cc1ccccc1F. The highest BCUT2D eigenvalue weighted by Gasteiger charge is 2.21. The van der Waals surface area contributed by atoms with Gasteiger partial charge >= 0.3 is 5.97 Å². The Bertz CT molecular complexity index is 526. The first-order valence-electron chi connectivity index (χ1n) is 6.75. The van der Waals surface area contributed by atoms with E-state index in [1.807, 2.05) is 13.8 Å². The molecular formula is C16H20FNO3. The van der Waals surface area contributed by atoms with E-state index in [0.29, 0.717) is 12.0 Å². The fourth-order valence-electron chi connectivity index (χ4n) is 1.82. The summed E-state index contributed by atoms with van der Waals surface area (Å²) < 4.78 is 18.1. The van der Waals surface area contributed by atoms with Crippen molar-refractivity contribution in [3.8, 4) is 0 Å². The molecule has 114 valence electrons. The fraction of sp³-hybridized carbons (Fsp3) is 0.375. The summed E-state index contributed by atoms with van der Waals surface area (Å²) in [6.45, 7) is 3.88. The maximum atomic E-state index is 13.4. The van der Waals surface area contributed by atoms with E-state index in [2.05, 4.69) is 10.1 Å². The number of carbonyl (C=O) groups excluding carboxylic acids is 2. The van der Waals surface area contributed by atoms with Crippen LogP contribution < -0.4 is 5.32 Å². The molecule has 4 nitrogen and oxygen atoms in total. The van der Waals surface area contributed by atoms with Crippen molar-refractivity contribution >= 4 is 18.0 Å². The second-order valence-corrected chi connectivity index (χ2v) is 5.07. The van der Waals surface area contributed by atoms with Crippen LogP contribution in [0, 0.1) is 11.7 Å². The van der Waals surface area contributed by atoms with Gasteiger partial charge in [-0.3, -0.25) is 4.79 Å². The third-order valence-corrected chi connectivity index (χ3v) is 2.83. The number of rotatable bonds is 6. The molecule has 0 aliphatic carbocycles. The zero-order valence-corrected chi connectivity index (χ0v) is 12.4. The third-order valence-electron chi connectivity index (χ3n) is 2.83. The maximum absolute atomic E-state index is 13.4. The average Bonchev–Trinajstić information content (AvgIpc) is 2.44. The summed E-state index contributed by atoms with van der Waals surface area (Å²) in [5, 5.41) is 2.57. The van der Waals surface area contributed by atoms with E-state index in [9.17, 15) is 14.0 Å². The van der Waals surface area contributed by atoms with Crippen LogP contribution in [0.25, 0.3) is 6.08 Å². The number of amides is 1. The zero-order chi connectivity index (χ0) is 15.8. The number of methoxy groups -OCH3 is 1. The van der Waals surface area contributed by atoms with Crippen molar-refractivity contribution in [2.75, 3.05) is 7.11 Å². The van der Waals surface area contributed by atoms with Crippen LogP contribution in [-0.4, -0.2) is 25.0 Å². The molecule has 0 saturated carbocycles. The van der Waals surface area contributed by atoms with Gasteiger partial charge in [-0.15, -0.1) is 0 Å². The molecule has 0 aliphatic rings. The normalized spacial score (nSPS) is 12.4. The Morgan fingerprint density at radius 3 is 2.57 bits per heavy atom. The predicted molar refractivity (Wildman–Crippen MR) is 78.8 cm³/mol. The van der Waals surface area contributed by atoms with Crippen molar-refractivity contribution < 1.29 is 18.7 Å². The van der Waals surface area contributed by atoms with E-state index in [1.54, 1.807) is 18.2 Å². The molecule has 0 heterocycles. The van der Waals surface area contributed by atoms with E-state index >= 15 is 0 Å². The average molecular weight is 293 g/mol. The molecule has 1 atom stereocenters. The van der Waals surface area contributed by atoms with Crippen LogP contribution in [0.1, 0.15) is 25.8 Å². The van der Waals surface area contributed by atoms with Gasteiger partial charge < -0.3 is 10.1 Å². The van der Waals surface area contributed by atoms with Crippen LogP contribution >= 0.6 is 0 Å². The van der Waals surface area contributed by atoms with Crippen LogP contribution in [0.3, 0.4) is 0 Å². The van der Waals surface area contributed by atoms with Gasteiger partial charge in [0.25, 0.3) is 0 Å². The second kappa shape index (κ2) is 8.19. The minimum absolute atomic E-state index is 0.227. The van der Waals surface area contributed by atoms with Crippen LogP contribution in [0.15, 0.2) is 30.3 Å². The van der Waals surface area contributed by atoms with Gasteiger partial charge in [-0.05, 0) is 24.5 Å². The summed E-state index contributed by atoms with van der Waals surface area (Å²) >= 11 is 0. The molecule has 1 N–H and O–H groups in total. The van der Waals surface area contributed by atoms with Gasteiger partial charge in [0.1, 0.15) is 11.9 Å². The Morgan fingerprint density at radius 2 is 2.00 bits per heavy atom. The highest BCUT2D eigenvalue weighted by atomic mass is 19.1. The Balaban J connectivity index is 2.70. The Labute approximate surface area is 124 Å². The van der Waals surface area contributed by atoms with Crippen molar-refractivity contribution in [3.63, 3.8) is 0 Å². The first-order chi connectivity index (χ1) is 9.93. The van der Waals surface area contributed by atoms with Crippen LogP contribution in [0.2, 0.25) is 0 Å². The first-order valence-corrected chi connectivity index (χ1v) is 6.75. The van der Waals surface area contributed by atoms with Crippen molar-refractivity contribution in [2.24, 2.45) is 5.92 Å². The number of carbonyl (C=O) groups is 2. The van der Waals surface area contributed by atoms with Gasteiger partial charge in [0.05, 0.1) is 7.11 Å². The first kappa shape index (κ1) is 16.9. The molecule has 0 saturated heterocycles. The van der Waals surface area contributed by atoms with Gasteiger partial charge in [-0.2, -0.15) is 0 Å². The van der Waals surface area contributed by atoms with Crippen molar-refractivity contribution in [2.45, 2.75) is 26.3 Å². The molecule has 1 rings (SSSR count). The fourth-order valence-corrected chi connectivity index (χ4v) is 1.82. The van der Waals surface area contributed by atoms with Crippen molar-refractivity contribution in [1.29, 1.82) is 0 Å². The molecule has 1 aromatic rings. The number of esters is 1. The van der Waals surface area contributed by atoms with Gasteiger partial charge in [-0.1, -0.05) is 32.0 Å². The van der Waals surface area contributed by atoms with Crippen molar-refractivity contribution in [1.82, 2.24) is 5.32 Å². The van der Waals surface area contributed by atoms with E-state index in [0.717, 1.165) is 0 Å². The maximum Gasteiger partial charge on any atom is 0.328 e. The summed E-state index contributed by atoms with van der Waals surface area (Å²) in [4.78, 5) is 23.4. The molecule has 0 bridgehead atoms. The molecular weight excluding hydrogens is 273 g/mol. The lowest BCUT2D eigenvalue weighted by atomic mass is 10.0. The van der Waals surface area contributed by atoms with E-state index < -0.39 is 23.7 Å². The standard InChI is InChI=1S/C16H20FNO3/c1-11(2)10-14(16(20)21-3)18-15(19)9-8-12-6-4-5-7-13(12)17/h4-9,11,14H,10H2,1-3H3,(H,18,19)/t14-/m1/s1. The smallest absolute Gasteiger partial charge is 0.328 e. The summed E-state index contributed by atoms with van der Waals surface area (Å²) in [5.74, 6) is -1.14. The van der Waals surface area contributed by atoms with E-state index in [4.69, 9.17) is 0 Å². The third kappa shape index (κ3) is 5.77. The zero-order valence-electron chi connectivity index (χ0n) is 12.4. The minimum Gasteiger partial charge on any atom is -0.467 e. The molecule has 0 fully saturated rings. The molecule has 1 aromatic carbocycles. The monoisotopic (exact) mass is 293 g/mol. The van der Waals surface area contributed by atoms with Crippen LogP contribution in [-0.2, 0) is 14.3 Å². The summed E-state index contributed by atoms with van der Waals surface area (Å²) in [6, 6.07) is 5.42. The van der Waals surface area contributed by atoms with Gasteiger partial charge in [-0.25, -0.2) is 9.18 Å². The number of halogens is 1. The lowest BCUT2D eigenvalue weighted by molar-refractivity contribution is -0.145. The molecule has 0 radical (unpaired) electrons. The quantitative estimate of drug-likeness (QED) is 0.648. The van der Waals surface area contributed by atoms with Gasteiger partial charge in [0, 0.05) is 11.6 Å². The summed E-state index contributed by atoms with van der Waals surface area (Å²) in [5.41, 5.74) is 0.311. The molecule has 0 unspecified atom stereocenters. The van der Waals surface area contributed by atoms with Gasteiger partial charge in [0.2, 0.25) is 5.91 Å². The largest absolute Gasteiger partial charge is 0.467 e. The summed E-state index contributed by atoms with van der Waals surface area (Å²) in [6.07, 6.45) is 3.05. The molecule has 0 spiro atoms. The molecule has 0 aliphatic heterocycles. The van der Waals surface area contributed by atoms with Crippen molar-refractivity contribution in [3.05, 3.63) is 41.7 Å². The van der Waals surface area contributed by atoms with E-state index in [1.165, 1.54) is 25.3 Å². The highest BCUT2D eigenvalue weighted by molar-refractivity contribution is 5.94. The van der Waals surface area contributed by atoms with Crippen LogP contribution in [0.4, 0.5) is 4.39 Å². The Hall–Kier alpha value is -2.17. The lowest BCUT2D eigenvalue weighted by Gasteiger charge is -2.17. The lowest BCUT2D eigenvalue weighted by Crippen LogP contribution is -2.41. The molecule has 5 heteroatoms. The number of ether oxygens (including phenoxy) is 1. The number of benzene rings is 1. The highest BCUT2D eigenvalue weighted by Crippen LogP contribution is 2.09. The van der Waals surface area contributed by atoms with Crippen LogP contribution in [0.5, 0.6) is 0 Å². The Kier molecular flexibility index (Phi) is 6.59. The Morgan fingerprint density at radius 1 is 1.33 bits per heavy atom. The predicted octanol–water partition coefficient (Wildman–Crippen LogP) is 2.54. The number of nitrogens with one attached hydrogen (secondary N) is 1. The molecule has 1 amide bonds. The van der Waals surface area contributed by atoms with E-state index in [-0.39, 0.29) is 5.92 Å². The number of hydrogen-bond donors (Lipinski definition) is 1. The minimum atomic E-state index is -0.701. The molecule has 0 aromatic heterocycles. The number of hydrogen-bond acceptors (Lipinski definition) is 3. The topological polar surface area (TPSA) is 55.4 Å².